The summed E-state index contributed by atoms with van der Waals surface area (Å²) >= 11 is 0.778. The van der Waals surface area contributed by atoms with Crippen LogP contribution in [0.1, 0.15) is 0 Å². The molecule has 0 saturated carbocycles. The molecule has 1 heteroatoms. The van der Waals surface area contributed by atoms with E-state index in [-0.39, 0.29) is 0 Å². The van der Waals surface area contributed by atoms with Crippen LogP contribution in [0.3, 0.4) is 0 Å². The quantitative estimate of drug-likeness (QED) is 0.337. The zero-order valence-corrected chi connectivity index (χ0v) is 4.48. The Morgan fingerprint density at radius 1 is 1.80 bits per heavy atom. The van der Waals surface area contributed by atoms with E-state index in [9.17, 15) is 0 Å². The van der Waals surface area contributed by atoms with Crippen LogP contribution in [0.2, 0.25) is 5.32 Å². The average molecular weight is 131 g/mol. The molecule has 0 unspecified atom stereocenters. The third-order valence-corrected chi connectivity index (χ3v) is 1.84. The number of allylic oxidation sites excluding steroid dienone is 1. The molecular weight excluding hydrogens is 127 g/mol. The molecule has 0 amide bonds. The van der Waals surface area contributed by atoms with Gasteiger partial charge in [-0.3, -0.25) is 0 Å². The Kier molecular flexibility index (Phi) is 0.952. The molecule has 1 aliphatic rings. The Hall–Kier alpha value is 0.0395. The van der Waals surface area contributed by atoms with Crippen LogP contribution in [0.15, 0.2) is 16.8 Å². The molecule has 5 heavy (non-hydrogen) atoms. The maximum atomic E-state index is 3.00. The summed E-state index contributed by atoms with van der Waals surface area (Å²) in [7, 11) is 0. The van der Waals surface area contributed by atoms with Crippen molar-refractivity contribution in [1.29, 1.82) is 0 Å². The summed E-state index contributed by atoms with van der Waals surface area (Å²) in [5, 5.41) is 1.27. The van der Waals surface area contributed by atoms with Gasteiger partial charge in [-0.25, -0.2) is 0 Å². The summed E-state index contributed by atoms with van der Waals surface area (Å²) in [6.45, 7) is 0. The van der Waals surface area contributed by atoms with Crippen molar-refractivity contribution in [2.75, 3.05) is 0 Å². The van der Waals surface area contributed by atoms with Gasteiger partial charge in [0.05, 0.1) is 0 Å². The first kappa shape index (κ1) is 3.24. The maximum absolute atomic E-state index is 3.00. The molecule has 0 N–H and O–H groups in total. The molecule has 0 radical (unpaired) electrons. The summed E-state index contributed by atoms with van der Waals surface area (Å²) in [6, 6.07) is 0. The van der Waals surface area contributed by atoms with Gasteiger partial charge in [0.15, 0.2) is 0 Å². The van der Waals surface area contributed by atoms with Gasteiger partial charge >= 0.3 is 37.1 Å². The molecule has 0 aromatic rings. The summed E-state index contributed by atoms with van der Waals surface area (Å²) < 4.78 is 0. The van der Waals surface area contributed by atoms with Crippen molar-refractivity contribution in [2.24, 2.45) is 0 Å². The van der Waals surface area contributed by atoms with E-state index in [1.807, 2.05) is 0 Å². The molecule has 0 fully saturated rings. The third-order valence-electron chi connectivity index (χ3n) is 0.449. The van der Waals surface area contributed by atoms with E-state index in [2.05, 4.69) is 16.8 Å². The minimum absolute atomic E-state index is 0.778. The van der Waals surface area contributed by atoms with Gasteiger partial charge in [0, 0.05) is 0 Å². The Balaban J connectivity index is 2.64. The molecule has 0 aromatic heterocycles. The van der Waals surface area contributed by atoms with Crippen molar-refractivity contribution >= 4 is 15.0 Å². The molecule has 0 aliphatic carbocycles. The molecule has 0 saturated heterocycles. The molecule has 0 nitrogen and oxygen atoms in total. The van der Waals surface area contributed by atoms with E-state index in [4.69, 9.17) is 0 Å². The molecule has 0 atom stereocenters. The van der Waals surface area contributed by atoms with Crippen LogP contribution >= 0.6 is 0 Å². The molecular formula is C4H4Se. The van der Waals surface area contributed by atoms with Crippen molar-refractivity contribution in [1.82, 2.24) is 0 Å². The fourth-order valence-electron chi connectivity index (χ4n) is 0.241. The van der Waals surface area contributed by atoms with Gasteiger partial charge in [0.2, 0.25) is 0 Å². The van der Waals surface area contributed by atoms with Gasteiger partial charge < -0.3 is 0 Å². The molecule has 1 heterocycles. The van der Waals surface area contributed by atoms with Crippen molar-refractivity contribution in [3.8, 4) is 0 Å². The summed E-state index contributed by atoms with van der Waals surface area (Å²) in [6.07, 6.45) is 2.08. The molecule has 26 valence electrons. The Bertz CT molecular complexity index is 69.6. The molecule has 0 spiro atoms. The van der Waals surface area contributed by atoms with Crippen molar-refractivity contribution < 1.29 is 0 Å². The van der Waals surface area contributed by atoms with Crippen LogP contribution in [-0.4, -0.2) is 15.0 Å². The number of hydrogen-bond acceptors (Lipinski definition) is 0. The van der Waals surface area contributed by atoms with Crippen LogP contribution in [0, 0.1) is 0 Å². The first-order chi connectivity index (χ1) is 2.50. The topological polar surface area (TPSA) is 0 Å². The first-order valence-electron chi connectivity index (χ1n) is 1.51. The normalized spacial score (nSPS) is 17.6. The number of rotatable bonds is 0. The Morgan fingerprint density at radius 2 is 2.80 bits per heavy atom. The third kappa shape index (κ3) is 0.662. The number of hydrogen-bond donors (Lipinski definition) is 0. The zero-order chi connectivity index (χ0) is 3.54. The predicted octanol–water partition coefficient (Wildman–Crippen LogP) is 0.791. The second-order valence-electron chi connectivity index (χ2n) is 0.822. The summed E-state index contributed by atoms with van der Waals surface area (Å²) in [5.41, 5.74) is 3.00. The molecule has 1 aliphatic heterocycles. The van der Waals surface area contributed by atoms with Gasteiger partial charge in [-0.1, -0.05) is 0 Å². The van der Waals surface area contributed by atoms with E-state index in [1.54, 1.807) is 0 Å². The van der Waals surface area contributed by atoms with Crippen LogP contribution in [0.5, 0.6) is 0 Å². The van der Waals surface area contributed by atoms with Crippen LogP contribution < -0.4 is 0 Å². The van der Waals surface area contributed by atoms with Crippen LogP contribution in [0.25, 0.3) is 0 Å². The van der Waals surface area contributed by atoms with Crippen LogP contribution in [0.4, 0.5) is 0 Å². The van der Waals surface area contributed by atoms with E-state index < -0.39 is 0 Å². The summed E-state index contributed by atoms with van der Waals surface area (Å²) in [4.78, 5) is 2.12. The predicted molar refractivity (Wildman–Crippen MR) is 23.2 cm³/mol. The van der Waals surface area contributed by atoms with Gasteiger partial charge in [0.1, 0.15) is 0 Å². The SMILES string of the molecule is C1=CC[Se]C=1. The van der Waals surface area contributed by atoms with Gasteiger partial charge in [-0.05, 0) is 0 Å². The first-order valence-corrected chi connectivity index (χ1v) is 3.71. The standard InChI is InChI=1S/C4H4Se/c1-2-4-5-3-1/h1,4H,3H2. The molecule has 0 bridgehead atoms. The van der Waals surface area contributed by atoms with Crippen molar-refractivity contribution in [2.45, 2.75) is 5.32 Å². The van der Waals surface area contributed by atoms with E-state index in [0.29, 0.717) is 0 Å². The van der Waals surface area contributed by atoms with E-state index in [0.717, 1.165) is 15.0 Å². The minimum atomic E-state index is 0.778. The average Bonchev–Trinajstić information content (AvgIpc) is 1.76. The van der Waals surface area contributed by atoms with Crippen molar-refractivity contribution in [3.05, 3.63) is 16.8 Å². The van der Waals surface area contributed by atoms with Gasteiger partial charge in [-0.15, -0.1) is 0 Å². The molecule has 1 rings (SSSR count). The Labute approximate surface area is 37.7 Å². The Morgan fingerprint density at radius 3 is 3.00 bits per heavy atom. The fraction of sp³-hybridized carbons (Fsp3) is 0.250. The monoisotopic (exact) mass is 132 g/mol. The van der Waals surface area contributed by atoms with E-state index >= 15 is 0 Å². The second-order valence-corrected chi connectivity index (χ2v) is 2.72. The fourth-order valence-corrected chi connectivity index (χ4v) is 1.25. The summed E-state index contributed by atoms with van der Waals surface area (Å²) in [5.74, 6) is 0. The zero-order valence-electron chi connectivity index (χ0n) is 2.77. The van der Waals surface area contributed by atoms with Gasteiger partial charge in [0.25, 0.3) is 0 Å². The van der Waals surface area contributed by atoms with E-state index in [1.165, 1.54) is 5.32 Å². The molecule has 0 aromatic carbocycles. The van der Waals surface area contributed by atoms with Crippen molar-refractivity contribution in [3.63, 3.8) is 0 Å². The second kappa shape index (κ2) is 1.47. The van der Waals surface area contributed by atoms with Crippen LogP contribution in [-0.2, 0) is 0 Å². The van der Waals surface area contributed by atoms with Gasteiger partial charge in [-0.2, -0.15) is 0 Å².